The molecule has 3 aromatic rings. The van der Waals surface area contributed by atoms with E-state index in [1.54, 1.807) is 12.1 Å². The fourth-order valence-electron chi connectivity index (χ4n) is 3.24. The van der Waals surface area contributed by atoms with Crippen LogP contribution in [-0.2, 0) is 16.0 Å². The molecule has 0 radical (unpaired) electrons. The second-order valence-corrected chi connectivity index (χ2v) is 7.52. The van der Waals surface area contributed by atoms with Crippen molar-refractivity contribution in [3.05, 3.63) is 107 Å². The molecular weight excluding hydrogens is 396 g/mol. The Kier molecular flexibility index (Phi) is 8.04. The highest BCUT2D eigenvalue weighted by Gasteiger charge is 2.17. The average molecular weight is 421 g/mol. The predicted molar refractivity (Wildman–Crippen MR) is 120 cm³/mol. The van der Waals surface area contributed by atoms with Crippen LogP contribution in [0.5, 0.6) is 0 Å². The summed E-state index contributed by atoms with van der Waals surface area (Å²) in [5.41, 5.74) is 3.09. The molecule has 1 atom stereocenters. The number of hydrogen-bond donors (Lipinski definition) is 2. The van der Waals surface area contributed by atoms with Crippen LogP contribution in [0, 0.1) is 0 Å². The smallest absolute Gasteiger partial charge is 0.240 e. The van der Waals surface area contributed by atoms with Gasteiger partial charge in [0.25, 0.3) is 0 Å². The zero-order chi connectivity index (χ0) is 21.2. The summed E-state index contributed by atoms with van der Waals surface area (Å²) in [6.45, 7) is -0.0545. The molecule has 5 heteroatoms. The molecule has 0 saturated carbocycles. The predicted octanol–water partition coefficient (Wildman–Crippen LogP) is 4.68. The molecule has 3 rings (SSSR count). The minimum absolute atomic E-state index is 0.0545. The van der Waals surface area contributed by atoms with E-state index >= 15 is 0 Å². The molecule has 30 heavy (non-hydrogen) atoms. The first kappa shape index (κ1) is 21.6. The van der Waals surface area contributed by atoms with Crippen molar-refractivity contribution in [2.75, 3.05) is 6.54 Å². The Bertz CT molecular complexity index is 944. The molecule has 154 valence electrons. The maximum Gasteiger partial charge on any atom is 0.240 e. The summed E-state index contributed by atoms with van der Waals surface area (Å²) in [6, 6.07) is 26.8. The van der Waals surface area contributed by atoms with Crippen molar-refractivity contribution in [3.63, 3.8) is 0 Å². The maximum absolute atomic E-state index is 12.5. The summed E-state index contributed by atoms with van der Waals surface area (Å²) in [4.78, 5) is 24.6. The Balaban J connectivity index is 1.51. The number of aryl methyl sites for hydroxylation is 1. The van der Waals surface area contributed by atoms with Crippen molar-refractivity contribution in [1.29, 1.82) is 0 Å². The Labute approximate surface area is 182 Å². The van der Waals surface area contributed by atoms with E-state index in [4.69, 9.17) is 11.6 Å². The molecular formula is C25H25ClN2O2. The molecule has 0 aliphatic rings. The lowest BCUT2D eigenvalue weighted by Gasteiger charge is -2.20. The van der Waals surface area contributed by atoms with Crippen molar-refractivity contribution in [2.45, 2.75) is 25.3 Å². The van der Waals surface area contributed by atoms with Gasteiger partial charge in [0.2, 0.25) is 11.8 Å². The summed E-state index contributed by atoms with van der Waals surface area (Å²) in [5.74, 6) is -0.362. The zero-order valence-corrected chi connectivity index (χ0v) is 17.4. The molecule has 0 aromatic heterocycles. The number of carbonyl (C=O) groups is 2. The molecule has 0 aliphatic carbocycles. The standard InChI is InChI=1S/C25H25ClN2O2/c26-22-16-14-21(15-17-22)25(20-11-5-2-6-12-20)28-24(30)18-27-23(29)13-7-10-19-8-3-1-4-9-19/h1-6,8-9,11-12,14-17,25H,7,10,13,18H2,(H,27,29)(H,28,30). The Morgan fingerprint density at radius 1 is 0.767 bits per heavy atom. The number of halogens is 1. The molecule has 0 spiro atoms. The van der Waals surface area contributed by atoms with Gasteiger partial charge in [-0.2, -0.15) is 0 Å². The van der Waals surface area contributed by atoms with Crippen LogP contribution < -0.4 is 10.6 Å². The van der Waals surface area contributed by atoms with Crippen LogP contribution >= 0.6 is 11.6 Å². The van der Waals surface area contributed by atoms with E-state index in [1.807, 2.05) is 72.8 Å². The van der Waals surface area contributed by atoms with E-state index in [0.29, 0.717) is 11.4 Å². The first-order valence-electron chi connectivity index (χ1n) is 10.0. The zero-order valence-electron chi connectivity index (χ0n) is 16.7. The molecule has 0 fully saturated rings. The van der Waals surface area contributed by atoms with Gasteiger partial charge in [-0.15, -0.1) is 0 Å². The van der Waals surface area contributed by atoms with Gasteiger partial charge in [-0.1, -0.05) is 84.4 Å². The summed E-state index contributed by atoms with van der Waals surface area (Å²) >= 11 is 6.00. The first-order valence-corrected chi connectivity index (χ1v) is 10.4. The van der Waals surface area contributed by atoms with Crippen LogP contribution in [0.3, 0.4) is 0 Å². The number of hydrogen-bond acceptors (Lipinski definition) is 2. The molecule has 2 N–H and O–H groups in total. The van der Waals surface area contributed by atoms with Gasteiger partial charge in [-0.25, -0.2) is 0 Å². The van der Waals surface area contributed by atoms with E-state index in [0.717, 1.165) is 24.0 Å². The fourth-order valence-corrected chi connectivity index (χ4v) is 3.36. The highest BCUT2D eigenvalue weighted by atomic mass is 35.5. The van der Waals surface area contributed by atoms with Gasteiger partial charge in [-0.05, 0) is 41.7 Å². The molecule has 4 nitrogen and oxygen atoms in total. The van der Waals surface area contributed by atoms with Crippen molar-refractivity contribution in [1.82, 2.24) is 10.6 Å². The van der Waals surface area contributed by atoms with Crippen molar-refractivity contribution in [2.24, 2.45) is 0 Å². The van der Waals surface area contributed by atoms with Gasteiger partial charge < -0.3 is 10.6 Å². The first-order chi connectivity index (χ1) is 14.6. The third-order valence-electron chi connectivity index (χ3n) is 4.80. The van der Waals surface area contributed by atoms with Gasteiger partial charge in [-0.3, -0.25) is 9.59 Å². The normalized spacial score (nSPS) is 11.5. The van der Waals surface area contributed by atoms with Crippen LogP contribution in [0.15, 0.2) is 84.9 Å². The Morgan fingerprint density at radius 3 is 2.03 bits per heavy atom. The summed E-state index contributed by atoms with van der Waals surface area (Å²) in [7, 11) is 0. The number of amides is 2. The SMILES string of the molecule is O=C(CCCc1ccccc1)NCC(=O)NC(c1ccccc1)c1ccc(Cl)cc1. The Hall–Kier alpha value is -3.11. The molecule has 0 bridgehead atoms. The third kappa shape index (κ3) is 6.75. The van der Waals surface area contributed by atoms with E-state index in [2.05, 4.69) is 10.6 Å². The van der Waals surface area contributed by atoms with Crippen molar-refractivity contribution >= 4 is 23.4 Å². The van der Waals surface area contributed by atoms with E-state index in [1.165, 1.54) is 5.56 Å². The summed E-state index contributed by atoms with van der Waals surface area (Å²) in [5, 5.41) is 6.36. The lowest BCUT2D eigenvalue weighted by atomic mass is 9.98. The monoisotopic (exact) mass is 420 g/mol. The van der Waals surface area contributed by atoms with E-state index in [-0.39, 0.29) is 24.4 Å². The molecule has 3 aromatic carbocycles. The van der Waals surface area contributed by atoms with Gasteiger partial charge >= 0.3 is 0 Å². The molecule has 0 heterocycles. The van der Waals surface area contributed by atoms with Crippen LogP contribution in [0.4, 0.5) is 0 Å². The summed E-state index contributed by atoms with van der Waals surface area (Å²) < 4.78 is 0. The quantitative estimate of drug-likeness (QED) is 0.527. The van der Waals surface area contributed by atoms with Gasteiger partial charge in [0, 0.05) is 11.4 Å². The van der Waals surface area contributed by atoms with Crippen LogP contribution in [0.2, 0.25) is 5.02 Å². The molecule has 0 aliphatic heterocycles. The average Bonchev–Trinajstić information content (AvgIpc) is 2.78. The highest BCUT2D eigenvalue weighted by Crippen LogP contribution is 2.23. The van der Waals surface area contributed by atoms with Gasteiger partial charge in [0.15, 0.2) is 0 Å². The topological polar surface area (TPSA) is 58.2 Å². The van der Waals surface area contributed by atoms with Gasteiger partial charge in [0.05, 0.1) is 12.6 Å². The number of nitrogens with one attached hydrogen (secondary N) is 2. The van der Waals surface area contributed by atoms with Crippen molar-refractivity contribution in [3.8, 4) is 0 Å². The van der Waals surface area contributed by atoms with Crippen LogP contribution in [-0.4, -0.2) is 18.4 Å². The van der Waals surface area contributed by atoms with E-state index in [9.17, 15) is 9.59 Å². The van der Waals surface area contributed by atoms with E-state index < -0.39 is 0 Å². The van der Waals surface area contributed by atoms with Crippen LogP contribution in [0.1, 0.15) is 35.6 Å². The molecule has 1 unspecified atom stereocenters. The largest absolute Gasteiger partial charge is 0.347 e. The van der Waals surface area contributed by atoms with Crippen molar-refractivity contribution < 1.29 is 9.59 Å². The number of rotatable bonds is 9. The second kappa shape index (κ2) is 11.2. The fraction of sp³-hybridized carbons (Fsp3) is 0.200. The Morgan fingerprint density at radius 2 is 1.37 bits per heavy atom. The molecule has 2 amide bonds. The molecule has 0 saturated heterocycles. The van der Waals surface area contributed by atoms with Crippen LogP contribution in [0.25, 0.3) is 0 Å². The lowest BCUT2D eigenvalue weighted by Crippen LogP contribution is -2.39. The minimum Gasteiger partial charge on any atom is -0.347 e. The second-order valence-electron chi connectivity index (χ2n) is 7.08. The maximum atomic E-state index is 12.5. The van der Waals surface area contributed by atoms with Gasteiger partial charge in [0.1, 0.15) is 0 Å². The lowest BCUT2D eigenvalue weighted by molar-refractivity contribution is -0.126. The third-order valence-corrected chi connectivity index (χ3v) is 5.05. The minimum atomic E-state index is -0.314. The highest BCUT2D eigenvalue weighted by molar-refractivity contribution is 6.30. The summed E-state index contributed by atoms with van der Waals surface area (Å²) in [6.07, 6.45) is 1.98. The number of carbonyl (C=O) groups excluding carboxylic acids is 2. The number of benzene rings is 3.